The Morgan fingerprint density at radius 2 is 1.86 bits per heavy atom. The number of halogens is 3. The Hall–Kier alpha value is -3.38. The van der Waals surface area contributed by atoms with Crippen LogP contribution in [0.4, 0.5) is 24.5 Å². The largest absolute Gasteiger partial charge is 0.419 e. The summed E-state index contributed by atoms with van der Waals surface area (Å²) in [4.78, 5) is 34.9. The number of amides is 1. The lowest BCUT2D eigenvalue weighted by molar-refractivity contribution is -0.134. The predicted octanol–water partition coefficient (Wildman–Crippen LogP) is 4.37. The van der Waals surface area contributed by atoms with Gasteiger partial charge in [0.2, 0.25) is 5.91 Å². The van der Waals surface area contributed by atoms with Gasteiger partial charge in [-0.3, -0.25) is 9.59 Å². The van der Waals surface area contributed by atoms with E-state index in [0.717, 1.165) is 55.7 Å². The molecule has 0 saturated carbocycles. The van der Waals surface area contributed by atoms with Crippen molar-refractivity contribution in [2.45, 2.75) is 52.6 Å². The molecule has 2 N–H and O–H groups in total. The molecule has 0 spiro atoms. The first-order chi connectivity index (χ1) is 20.5. The van der Waals surface area contributed by atoms with Crippen molar-refractivity contribution in [3.63, 3.8) is 0 Å². The van der Waals surface area contributed by atoms with Crippen molar-refractivity contribution >= 4 is 28.9 Å². The molecule has 43 heavy (non-hydrogen) atoms. The lowest BCUT2D eigenvalue weighted by Gasteiger charge is -2.34. The molecule has 238 valence electrons. The second-order valence-corrected chi connectivity index (χ2v) is 10.8. The number of carbonyl (C=O) groups is 2. The van der Waals surface area contributed by atoms with Crippen molar-refractivity contribution in [1.29, 1.82) is 0 Å². The number of nitrogens with one attached hydrogen (secondary N) is 2. The van der Waals surface area contributed by atoms with Crippen LogP contribution in [0.3, 0.4) is 0 Å². The van der Waals surface area contributed by atoms with Crippen molar-refractivity contribution in [2.75, 3.05) is 76.3 Å². The number of anilines is 2. The van der Waals surface area contributed by atoms with E-state index in [2.05, 4.69) is 38.5 Å². The maximum atomic E-state index is 14.2. The number of piperazine rings is 1. The van der Waals surface area contributed by atoms with Gasteiger partial charge in [-0.2, -0.15) is 13.2 Å². The fourth-order valence-electron chi connectivity index (χ4n) is 4.85. The minimum atomic E-state index is -4.71. The number of nitrogens with zero attached hydrogens (tertiary/aromatic N) is 4. The molecule has 1 aromatic rings. The van der Waals surface area contributed by atoms with Gasteiger partial charge in [0, 0.05) is 56.0 Å². The fraction of sp³-hybridized carbons (Fsp3) is 0.581. The van der Waals surface area contributed by atoms with E-state index in [-0.39, 0.29) is 37.7 Å². The average molecular weight is 607 g/mol. The van der Waals surface area contributed by atoms with Crippen LogP contribution in [-0.4, -0.2) is 99.6 Å². The number of Topliss-reactive ketones (excluding diaryl/α,β-unsaturated/α-hetero) is 1. The molecule has 2 aliphatic heterocycles. The summed E-state index contributed by atoms with van der Waals surface area (Å²) in [6.45, 7) is 9.73. The molecular formula is C31H45F3N6O3. The number of benzene rings is 1. The minimum absolute atomic E-state index is 0.175. The molecular weight excluding hydrogens is 561 g/mol. The maximum absolute atomic E-state index is 14.2. The van der Waals surface area contributed by atoms with Crippen molar-refractivity contribution in [3.8, 4) is 0 Å². The third kappa shape index (κ3) is 10.7. The Kier molecular flexibility index (Phi) is 13.1. The molecule has 0 radical (unpaired) electrons. The molecule has 0 aromatic heterocycles. The van der Waals surface area contributed by atoms with Crippen molar-refractivity contribution < 1.29 is 27.5 Å². The molecule has 1 amide bonds. The zero-order valence-corrected chi connectivity index (χ0v) is 25.7. The highest BCUT2D eigenvalue weighted by Crippen LogP contribution is 2.31. The highest BCUT2D eigenvalue weighted by Gasteiger charge is 2.36. The van der Waals surface area contributed by atoms with Crippen LogP contribution in [0.15, 0.2) is 46.7 Å². The minimum Gasteiger partial charge on any atom is -0.379 e. The van der Waals surface area contributed by atoms with Gasteiger partial charge in [0.15, 0.2) is 5.78 Å². The molecule has 0 bridgehead atoms. The van der Waals surface area contributed by atoms with Gasteiger partial charge in [0.25, 0.3) is 0 Å². The molecule has 1 aromatic carbocycles. The molecule has 2 fully saturated rings. The van der Waals surface area contributed by atoms with Crippen LogP contribution in [0.2, 0.25) is 0 Å². The Labute approximate surface area is 252 Å². The first-order valence-corrected chi connectivity index (χ1v) is 15.0. The summed E-state index contributed by atoms with van der Waals surface area (Å²) >= 11 is 0. The quantitative estimate of drug-likeness (QED) is 0.208. The summed E-state index contributed by atoms with van der Waals surface area (Å²) in [6, 6.07) is 6.09. The zero-order valence-electron chi connectivity index (χ0n) is 25.7. The van der Waals surface area contributed by atoms with Crippen LogP contribution < -0.4 is 15.5 Å². The number of ketones is 1. The summed E-state index contributed by atoms with van der Waals surface area (Å²) in [5.41, 5.74) is 1.78. The zero-order chi connectivity index (χ0) is 31.4. The maximum Gasteiger partial charge on any atom is 0.419 e. The second kappa shape index (κ2) is 16.5. The van der Waals surface area contributed by atoms with Crippen molar-refractivity contribution in [2.24, 2.45) is 4.99 Å². The van der Waals surface area contributed by atoms with Gasteiger partial charge >= 0.3 is 6.18 Å². The highest BCUT2D eigenvalue weighted by atomic mass is 19.4. The molecule has 12 heteroatoms. The molecule has 0 aliphatic carbocycles. The van der Waals surface area contributed by atoms with E-state index in [4.69, 9.17) is 4.74 Å². The summed E-state index contributed by atoms with van der Waals surface area (Å²) < 4.78 is 48.0. The number of alkyl halides is 3. The molecule has 3 rings (SSSR count). The van der Waals surface area contributed by atoms with Crippen molar-refractivity contribution in [1.82, 2.24) is 15.1 Å². The normalized spacial score (nSPS) is 18.1. The molecule has 0 unspecified atom stereocenters. The summed E-state index contributed by atoms with van der Waals surface area (Å²) in [7, 11) is 2.11. The lowest BCUT2D eigenvalue weighted by atomic mass is 10.1. The Bertz CT molecular complexity index is 1190. The molecule has 0 atom stereocenters. The summed E-state index contributed by atoms with van der Waals surface area (Å²) in [5.74, 6) is -0.301. The summed E-state index contributed by atoms with van der Waals surface area (Å²) in [5, 5.41) is 5.83. The van der Waals surface area contributed by atoms with E-state index in [0.29, 0.717) is 31.9 Å². The third-order valence-electron chi connectivity index (χ3n) is 7.44. The van der Waals surface area contributed by atoms with Gasteiger partial charge < -0.3 is 30.1 Å². The SMILES string of the molecule is CCC/C=C(NCC(=O)CN1CCOCCC1=O)/C(=C\N=C(C)Nc1ccc(N2CCN(C)CC2)cc1CC)C(F)(F)F. The van der Waals surface area contributed by atoms with E-state index in [9.17, 15) is 22.8 Å². The van der Waals surface area contributed by atoms with Crippen LogP contribution in [0, 0.1) is 0 Å². The number of allylic oxidation sites excluding steroid dienone is 2. The molecule has 2 heterocycles. The third-order valence-corrected chi connectivity index (χ3v) is 7.44. The lowest BCUT2D eigenvalue weighted by Crippen LogP contribution is -2.44. The first kappa shape index (κ1) is 34.1. The van der Waals surface area contributed by atoms with Gasteiger partial charge in [-0.15, -0.1) is 0 Å². The van der Waals surface area contributed by atoms with Gasteiger partial charge in [-0.25, -0.2) is 4.99 Å². The fourth-order valence-corrected chi connectivity index (χ4v) is 4.85. The number of rotatable bonds is 12. The Morgan fingerprint density at radius 1 is 1.12 bits per heavy atom. The van der Waals surface area contributed by atoms with E-state index in [1.807, 2.05) is 26.0 Å². The first-order valence-electron chi connectivity index (χ1n) is 15.0. The number of aryl methyl sites for hydroxylation is 1. The summed E-state index contributed by atoms with van der Waals surface area (Å²) in [6.07, 6.45) is -0.556. The Balaban J connectivity index is 1.74. The van der Waals surface area contributed by atoms with Gasteiger partial charge in [-0.1, -0.05) is 26.3 Å². The number of ether oxygens (including phenoxy) is 1. The van der Waals surface area contributed by atoms with Crippen LogP contribution in [-0.2, 0) is 20.7 Å². The van der Waals surface area contributed by atoms with E-state index < -0.39 is 17.5 Å². The van der Waals surface area contributed by atoms with Crippen LogP contribution in [0.25, 0.3) is 0 Å². The van der Waals surface area contributed by atoms with Crippen LogP contribution >= 0.6 is 0 Å². The number of amidine groups is 1. The number of unbranched alkanes of at least 4 members (excludes halogenated alkanes) is 1. The second-order valence-electron chi connectivity index (χ2n) is 10.8. The van der Waals surface area contributed by atoms with Crippen LogP contribution in [0.5, 0.6) is 0 Å². The van der Waals surface area contributed by atoms with E-state index in [1.54, 1.807) is 6.92 Å². The number of likely N-dealkylation sites (N-methyl/N-ethyl adjacent to an activating group) is 1. The monoisotopic (exact) mass is 606 g/mol. The number of hydrogen-bond donors (Lipinski definition) is 2. The molecule has 2 aliphatic rings. The van der Waals surface area contributed by atoms with Gasteiger partial charge in [0.05, 0.1) is 38.3 Å². The molecule has 2 saturated heterocycles. The highest BCUT2D eigenvalue weighted by molar-refractivity contribution is 5.95. The molecule has 9 nitrogen and oxygen atoms in total. The number of hydrogen-bond acceptors (Lipinski definition) is 7. The topological polar surface area (TPSA) is 89.5 Å². The predicted molar refractivity (Wildman–Crippen MR) is 164 cm³/mol. The van der Waals surface area contributed by atoms with Gasteiger partial charge in [0.1, 0.15) is 5.84 Å². The number of aliphatic imine (C=N–C) groups is 1. The van der Waals surface area contributed by atoms with Crippen molar-refractivity contribution in [3.05, 3.63) is 47.3 Å². The van der Waals surface area contributed by atoms with E-state index in [1.165, 1.54) is 11.0 Å². The van der Waals surface area contributed by atoms with Gasteiger partial charge in [-0.05, 0) is 50.6 Å². The smallest absolute Gasteiger partial charge is 0.379 e. The van der Waals surface area contributed by atoms with Crippen LogP contribution in [0.1, 0.15) is 45.6 Å². The number of carbonyl (C=O) groups excluding carboxylic acids is 2. The standard InChI is InChI=1S/C31H45F3N6O3/c1-5-7-8-29(36-20-26(41)22-40-16-18-43-17-11-30(40)42)27(31(32,33)34)21-35-23(3)37-28-10-9-25(19-24(28)6-2)39-14-12-38(4)13-15-39/h8-10,19,21,36H,5-7,11-18,20,22H2,1-4H3,(H,35,37)/b27-21+,29-8-. The van der Waals surface area contributed by atoms with E-state index >= 15 is 0 Å². The average Bonchev–Trinajstić information content (AvgIpc) is 3.17. The Morgan fingerprint density at radius 3 is 2.53 bits per heavy atom.